The zero-order chi connectivity index (χ0) is 18.6. The summed E-state index contributed by atoms with van der Waals surface area (Å²) in [6.45, 7) is -0.0455. The van der Waals surface area contributed by atoms with Crippen LogP contribution in [-0.2, 0) is 22.6 Å². The number of esters is 1. The van der Waals surface area contributed by atoms with E-state index in [1.807, 2.05) is 48.5 Å². The van der Waals surface area contributed by atoms with Crippen molar-refractivity contribution in [2.45, 2.75) is 19.4 Å². The molecule has 0 aliphatic heterocycles. The van der Waals surface area contributed by atoms with Gasteiger partial charge in [0.1, 0.15) is 0 Å². The summed E-state index contributed by atoms with van der Waals surface area (Å²) in [5.74, 6) is 0.312. The molecule has 2 heterocycles. The number of aromatic nitrogens is 3. The van der Waals surface area contributed by atoms with Crippen LogP contribution in [0.25, 0.3) is 21.7 Å². The molecule has 0 bridgehead atoms. The van der Waals surface area contributed by atoms with Gasteiger partial charge in [-0.2, -0.15) is 0 Å². The van der Waals surface area contributed by atoms with Crippen LogP contribution in [0.4, 0.5) is 0 Å². The van der Waals surface area contributed by atoms with Crippen molar-refractivity contribution in [3.63, 3.8) is 0 Å². The Labute approximate surface area is 167 Å². The van der Waals surface area contributed by atoms with E-state index in [1.54, 1.807) is 11.3 Å². The third kappa shape index (κ3) is 4.23. The number of hydrogen-bond donors (Lipinski definition) is 0. The van der Waals surface area contributed by atoms with E-state index in [-0.39, 0.29) is 24.9 Å². The van der Waals surface area contributed by atoms with Gasteiger partial charge in [-0.15, -0.1) is 21.5 Å². The number of carbonyl (C=O) groups is 1. The van der Waals surface area contributed by atoms with Crippen LogP contribution < -0.4 is 0 Å². The molecule has 0 saturated heterocycles. The maximum absolute atomic E-state index is 12.0. The minimum Gasteiger partial charge on any atom is -0.456 e. The highest BCUT2D eigenvalue weighted by molar-refractivity contribution is 9.10. The Bertz CT molecular complexity index is 1060. The summed E-state index contributed by atoms with van der Waals surface area (Å²) < 4.78 is 12.8. The number of rotatable bonds is 6. The third-order valence-electron chi connectivity index (χ3n) is 3.81. The summed E-state index contributed by atoms with van der Waals surface area (Å²) in [5.41, 5.74) is 1.75. The molecule has 4 rings (SSSR count). The Hall–Kier alpha value is -2.58. The van der Waals surface area contributed by atoms with E-state index in [4.69, 9.17) is 9.15 Å². The fourth-order valence-corrected chi connectivity index (χ4v) is 3.93. The van der Waals surface area contributed by atoms with Gasteiger partial charge in [0.2, 0.25) is 5.89 Å². The number of carbonyl (C=O) groups excluding carboxylic acids is 1. The molecule has 27 heavy (non-hydrogen) atoms. The highest BCUT2D eigenvalue weighted by atomic mass is 79.9. The second kappa shape index (κ2) is 7.98. The summed E-state index contributed by atoms with van der Waals surface area (Å²) in [5, 5.41) is 8.84. The van der Waals surface area contributed by atoms with Crippen molar-refractivity contribution in [2.75, 3.05) is 0 Å². The molecule has 2 aromatic carbocycles. The fourth-order valence-electron chi connectivity index (χ4n) is 2.51. The molecule has 136 valence electrons. The summed E-state index contributed by atoms with van der Waals surface area (Å²) in [7, 11) is 0. The van der Waals surface area contributed by atoms with Gasteiger partial charge in [-0.05, 0) is 40.2 Å². The first kappa shape index (κ1) is 17.8. The molecule has 6 nitrogen and oxygen atoms in total. The van der Waals surface area contributed by atoms with Gasteiger partial charge in [0, 0.05) is 10.9 Å². The molecule has 4 aromatic rings. The van der Waals surface area contributed by atoms with Gasteiger partial charge in [0.15, 0.2) is 6.61 Å². The van der Waals surface area contributed by atoms with Gasteiger partial charge in [-0.1, -0.05) is 24.3 Å². The van der Waals surface area contributed by atoms with E-state index in [1.165, 1.54) is 0 Å². The smallest absolute Gasteiger partial charge is 0.306 e. The first-order valence-electron chi connectivity index (χ1n) is 8.26. The first-order valence-corrected chi connectivity index (χ1v) is 9.87. The Morgan fingerprint density at radius 1 is 1.11 bits per heavy atom. The second-order valence-corrected chi connectivity index (χ2v) is 7.69. The van der Waals surface area contributed by atoms with Crippen molar-refractivity contribution in [1.29, 1.82) is 0 Å². The molecule has 0 radical (unpaired) electrons. The standard InChI is InChI=1S/C19H14BrN3O3S/c20-13-6-2-1-5-12(13)19-23-22-16(26-19)11-25-18(24)10-9-17-21-14-7-3-4-8-15(14)27-17/h1-8H,9-11H2. The van der Waals surface area contributed by atoms with Crippen LogP contribution in [-0.4, -0.2) is 21.2 Å². The maximum Gasteiger partial charge on any atom is 0.306 e. The number of aryl methyl sites for hydroxylation is 1. The van der Waals surface area contributed by atoms with Crippen molar-refractivity contribution < 1.29 is 13.9 Å². The molecular weight excluding hydrogens is 430 g/mol. The minimum absolute atomic E-state index is 0.0455. The Kier molecular flexibility index (Phi) is 5.26. The zero-order valence-corrected chi connectivity index (χ0v) is 16.5. The molecule has 8 heteroatoms. The average Bonchev–Trinajstić information content (AvgIpc) is 3.31. The lowest BCUT2D eigenvalue weighted by Crippen LogP contribution is -2.06. The van der Waals surface area contributed by atoms with E-state index >= 15 is 0 Å². The van der Waals surface area contributed by atoms with E-state index in [0.29, 0.717) is 12.3 Å². The van der Waals surface area contributed by atoms with E-state index in [9.17, 15) is 4.79 Å². The van der Waals surface area contributed by atoms with Crippen LogP contribution in [0.5, 0.6) is 0 Å². The van der Waals surface area contributed by atoms with Crippen LogP contribution in [0.15, 0.2) is 57.4 Å². The van der Waals surface area contributed by atoms with E-state index in [2.05, 4.69) is 31.1 Å². The maximum atomic E-state index is 12.0. The summed E-state index contributed by atoms with van der Waals surface area (Å²) in [4.78, 5) is 16.5. The van der Waals surface area contributed by atoms with Gasteiger partial charge in [0.05, 0.1) is 27.2 Å². The molecule has 0 N–H and O–H groups in total. The van der Waals surface area contributed by atoms with Crippen molar-refractivity contribution in [3.8, 4) is 11.5 Å². The van der Waals surface area contributed by atoms with Crippen LogP contribution in [0, 0.1) is 0 Å². The van der Waals surface area contributed by atoms with Crippen LogP contribution in [0.2, 0.25) is 0 Å². The Morgan fingerprint density at radius 3 is 2.78 bits per heavy atom. The van der Waals surface area contributed by atoms with Gasteiger partial charge >= 0.3 is 5.97 Å². The van der Waals surface area contributed by atoms with Crippen molar-refractivity contribution >= 4 is 43.5 Å². The van der Waals surface area contributed by atoms with Crippen molar-refractivity contribution in [3.05, 3.63) is 63.9 Å². The summed E-state index contributed by atoms with van der Waals surface area (Å²) in [6, 6.07) is 15.5. The predicted molar refractivity (Wildman–Crippen MR) is 105 cm³/mol. The van der Waals surface area contributed by atoms with Crippen LogP contribution in [0.1, 0.15) is 17.3 Å². The van der Waals surface area contributed by atoms with Crippen LogP contribution in [0.3, 0.4) is 0 Å². The molecule has 2 aromatic heterocycles. The number of thiazole rings is 1. The summed E-state index contributed by atoms with van der Waals surface area (Å²) >= 11 is 5.03. The lowest BCUT2D eigenvalue weighted by atomic mass is 10.2. The third-order valence-corrected chi connectivity index (χ3v) is 5.60. The molecule has 0 saturated carbocycles. The molecule has 0 unspecified atom stereocenters. The number of nitrogens with zero attached hydrogens (tertiary/aromatic N) is 3. The number of para-hydroxylation sites is 1. The number of benzene rings is 2. The van der Waals surface area contributed by atoms with Gasteiger partial charge in [0.25, 0.3) is 5.89 Å². The SMILES string of the molecule is O=C(CCc1nc2ccccc2s1)OCc1nnc(-c2ccccc2Br)o1. The van der Waals surface area contributed by atoms with Gasteiger partial charge in [-0.25, -0.2) is 4.98 Å². The largest absolute Gasteiger partial charge is 0.456 e. The molecule has 0 fully saturated rings. The van der Waals surface area contributed by atoms with E-state index in [0.717, 1.165) is 25.3 Å². The fraction of sp³-hybridized carbons (Fsp3) is 0.158. The second-order valence-electron chi connectivity index (χ2n) is 5.72. The topological polar surface area (TPSA) is 78.1 Å². The van der Waals surface area contributed by atoms with Crippen molar-refractivity contribution in [1.82, 2.24) is 15.2 Å². The molecule has 0 aliphatic carbocycles. The number of hydrogen-bond acceptors (Lipinski definition) is 7. The minimum atomic E-state index is -0.324. The zero-order valence-electron chi connectivity index (χ0n) is 14.1. The van der Waals surface area contributed by atoms with Gasteiger partial charge < -0.3 is 9.15 Å². The number of halogens is 1. The Balaban J connectivity index is 1.31. The van der Waals surface area contributed by atoms with Gasteiger partial charge in [-0.3, -0.25) is 4.79 Å². The predicted octanol–water partition coefficient (Wildman–Crippen LogP) is 4.78. The average molecular weight is 444 g/mol. The highest BCUT2D eigenvalue weighted by Gasteiger charge is 2.13. The monoisotopic (exact) mass is 443 g/mol. The number of ether oxygens (including phenoxy) is 1. The molecule has 0 atom stereocenters. The highest BCUT2D eigenvalue weighted by Crippen LogP contribution is 2.27. The summed E-state index contributed by atoms with van der Waals surface area (Å²) in [6.07, 6.45) is 0.801. The lowest BCUT2D eigenvalue weighted by molar-refractivity contribution is -0.145. The Morgan fingerprint density at radius 2 is 1.93 bits per heavy atom. The molecule has 0 spiro atoms. The quantitative estimate of drug-likeness (QED) is 0.398. The molecule has 0 amide bonds. The molecule has 0 aliphatic rings. The normalized spacial score (nSPS) is 11.0. The molecular formula is C19H14BrN3O3S. The lowest BCUT2D eigenvalue weighted by Gasteiger charge is -2.01. The van der Waals surface area contributed by atoms with Crippen molar-refractivity contribution in [2.24, 2.45) is 0 Å². The van der Waals surface area contributed by atoms with E-state index < -0.39 is 0 Å². The van der Waals surface area contributed by atoms with Crippen LogP contribution >= 0.6 is 27.3 Å². The first-order chi connectivity index (χ1) is 13.2. The number of fused-ring (bicyclic) bond motifs is 1.